The zero-order chi connectivity index (χ0) is 13.0. The van der Waals surface area contributed by atoms with Gasteiger partial charge in [-0.3, -0.25) is 0 Å². The van der Waals surface area contributed by atoms with Crippen molar-refractivity contribution in [3.8, 4) is 0 Å². The number of ether oxygens (including phenoxy) is 1. The zero-order valence-electron chi connectivity index (χ0n) is 8.72. The summed E-state index contributed by atoms with van der Waals surface area (Å²) >= 11 is 0. The van der Waals surface area contributed by atoms with E-state index in [-0.39, 0.29) is 6.61 Å². The van der Waals surface area contributed by atoms with Crippen molar-refractivity contribution in [2.24, 2.45) is 0 Å². The molecule has 1 rings (SSSR count). The first-order valence-corrected chi connectivity index (χ1v) is 4.57. The number of halogens is 2. The summed E-state index contributed by atoms with van der Waals surface area (Å²) in [6, 6.07) is 0.851. The van der Waals surface area contributed by atoms with Crippen LogP contribution in [0.15, 0.2) is 12.3 Å². The minimum atomic E-state index is -3.02. The van der Waals surface area contributed by atoms with Crippen molar-refractivity contribution < 1.29 is 23.2 Å². The molecule has 0 atom stereocenters. The van der Waals surface area contributed by atoms with E-state index < -0.39 is 34.3 Å². The molecule has 0 unspecified atom stereocenters. The number of alkyl halides is 2. The van der Waals surface area contributed by atoms with Gasteiger partial charge in [-0.2, -0.15) is 0 Å². The minimum Gasteiger partial charge on any atom is -0.462 e. The fourth-order valence-corrected chi connectivity index (χ4v) is 1.20. The number of aromatic nitrogens is 1. The maximum atomic E-state index is 12.6. The maximum absolute atomic E-state index is 12.6. The smallest absolute Gasteiger partial charge is 0.378 e. The molecule has 0 fully saturated rings. The Labute approximate surface area is 94.4 Å². The topological polar surface area (TPSA) is 82.3 Å². The molecule has 17 heavy (non-hydrogen) atoms. The molecule has 0 aliphatic rings. The zero-order valence-corrected chi connectivity index (χ0v) is 8.72. The van der Waals surface area contributed by atoms with Crippen LogP contribution in [-0.4, -0.2) is 22.5 Å². The van der Waals surface area contributed by atoms with Crippen molar-refractivity contribution in [3.63, 3.8) is 0 Å². The van der Waals surface area contributed by atoms with Crippen molar-refractivity contribution in [2.75, 3.05) is 6.61 Å². The Hall–Kier alpha value is -2.12. The van der Waals surface area contributed by atoms with Gasteiger partial charge in [-0.1, -0.05) is 0 Å². The van der Waals surface area contributed by atoms with E-state index in [1.54, 1.807) is 0 Å². The van der Waals surface area contributed by atoms with Gasteiger partial charge in [0.25, 0.3) is 6.43 Å². The second-order valence-electron chi connectivity index (χ2n) is 2.88. The van der Waals surface area contributed by atoms with Crippen LogP contribution < -0.4 is 0 Å². The van der Waals surface area contributed by atoms with Crippen LogP contribution in [0.2, 0.25) is 0 Å². The molecule has 92 valence electrons. The summed E-state index contributed by atoms with van der Waals surface area (Å²) in [6.45, 7) is 1.38. The monoisotopic (exact) mass is 246 g/mol. The van der Waals surface area contributed by atoms with Gasteiger partial charge in [0.2, 0.25) is 0 Å². The van der Waals surface area contributed by atoms with E-state index in [1.165, 1.54) is 6.92 Å². The molecule has 0 radical (unpaired) electrons. The highest BCUT2D eigenvalue weighted by Crippen LogP contribution is 2.28. The Morgan fingerprint density at radius 1 is 1.65 bits per heavy atom. The molecule has 0 aromatic carbocycles. The number of rotatable bonds is 4. The van der Waals surface area contributed by atoms with Crippen molar-refractivity contribution in [2.45, 2.75) is 13.3 Å². The average molecular weight is 246 g/mol. The van der Waals surface area contributed by atoms with Crippen molar-refractivity contribution in [1.82, 2.24) is 4.98 Å². The second-order valence-corrected chi connectivity index (χ2v) is 2.88. The molecule has 1 heterocycles. The summed E-state index contributed by atoms with van der Waals surface area (Å²) in [5.41, 5.74) is -1.56. The summed E-state index contributed by atoms with van der Waals surface area (Å²) < 4.78 is 29.7. The van der Waals surface area contributed by atoms with E-state index in [4.69, 9.17) is 0 Å². The highest BCUT2D eigenvalue weighted by atomic mass is 19.3. The van der Waals surface area contributed by atoms with Gasteiger partial charge in [-0.15, -0.1) is 0 Å². The van der Waals surface area contributed by atoms with Crippen LogP contribution in [0.3, 0.4) is 0 Å². The Kier molecular flexibility index (Phi) is 4.02. The largest absolute Gasteiger partial charge is 0.462 e. The third kappa shape index (κ3) is 2.71. The highest BCUT2D eigenvalue weighted by Gasteiger charge is 2.30. The molecule has 0 aliphatic carbocycles. The van der Waals surface area contributed by atoms with Crippen molar-refractivity contribution in [1.29, 1.82) is 0 Å². The fraction of sp³-hybridized carbons (Fsp3) is 0.333. The maximum Gasteiger partial charge on any atom is 0.378 e. The van der Waals surface area contributed by atoms with Crippen molar-refractivity contribution >= 4 is 11.8 Å². The first-order chi connectivity index (χ1) is 7.99. The molecule has 0 N–H and O–H groups in total. The van der Waals surface area contributed by atoms with Gasteiger partial charge in [0.05, 0.1) is 6.61 Å². The Balaban J connectivity index is 3.38. The summed E-state index contributed by atoms with van der Waals surface area (Å²) in [5, 5.41) is 10.6. The lowest BCUT2D eigenvalue weighted by Gasteiger charge is -2.07. The van der Waals surface area contributed by atoms with Gasteiger partial charge >= 0.3 is 11.8 Å². The Morgan fingerprint density at radius 2 is 2.29 bits per heavy atom. The summed E-state index contributed by atoms with van der Waals surface area (Å²) in [4.78, 5) is 24.3. The molecule has 1 aromatic rings. The molecular weight excluding hydrogens is 238 g/mol. The quantitative estimate of drug-likeness (QED) is 0.461. The van der Waals surface area contributed by atoms with Crippen LogP contribution in [0.5, 0.6) is 0 Å². The predicted molar refractivity (Wildman–Crippen MR) is 51.8 cm³/mol. The van der Waals surface area contributed by atoms with Crippen LogP contribution in [0.1, 0.15) is 29.3 Å². The molecule has 0 amide bonds. The molecule has 0 aliphatic heterocycles. The van der Waals surface area contributed by atoms with Crippen molar-refractivity contribution in [3.05, 3.63) is 33.5 Å². The van der Waals surface area contributed by atoms with Gasteiger partial charge in [0.1, 0.15) is 6.20 Å². The number of pyridine rings is 1. The Morgan fingerprint density at radius 3 is 2.76 bits per heavy atom. The summed E-state index contributed by atoms with van der Waals surface area (Å²) in [6.07, 6.45) is -2.17. The Bertz CT molecular complexity index is 451. The van der Waals surface area contributed by atoms with Gasteiger partial charge in [-0.25, -0.2) is 13.6 Å². The fourth-order valence-electron chi connectivity index (χ4n) is 1.20. The molecule has 0 saturated heterocycles. The first kappa shape index (κ1) is 12.9. The van der Waals surface area contributed by atoms with E-state index >= 15 is 0 Å². The molecule has 0 spiro atoms. The van der Waals surface area contributed by atoms with E-state index in [9.17, 15) is 23.7 Å². The van der Waals surface area contributed by atoms with Gasteiger partial charge in [0.15, 0.2) is 5.56 Å². The summed E-state index contributed by atoms with van der Waals surface area (Å²) in [7, 11) is 0. The molecule has 6 nitrogen and oxygen atoms in total. The number of carbonyl (C=O) groups is 1. The van der Waals surface area contributed by atoms with Gasteiger partial charge in [0, 0.05) is 5.56 Å². The van der Waals surface area contributed by atoms with Crippen LogP contribution in [-0.2, 0) is 4.74 Å². The second kappa shape index (κ2) is 5.28. The molecule has 0 bridgehead atoms. The molecule has 0 saturated carbocycles. The highest BCUT2D eigenvalue weighted by molar-refractivity contribution is 5.94. The van der Waals surface area contributed by atoms with E-state index in [0.29, 0.717) is 0 Å². The number of hydrogen-bond donors (Lipinski definition) is 0. The number of esters is 1. The number of nitro groups is 1. The number of carbonyl (C=O) groups excluding carboxylic acids is 1. The van der Waals surface area contributed by atoms with E-state index in [2.05, 4.69) is 9.72 Å². The molecule has 1 aromatic heterocycles. The number of nitrogens with zero attached hydrogens (tertiary/aromatic N) is 2. The third-order valence-corrected chi connectivity index (χ3v) is 1.85. The van der Waals surface area contributed by atoms with Gasteiger partial charge < -0.3 is 14.9 Å². The van der Waals surface area contributed by atoms with Gasteiger partial charge in [-0.05, 0) is 22.9 Å². The minimum absolute atomic E-state index is 0.0758. The SMILES string of the molecule is CCOC(=O)c1c(C(F)F)ccnc1[N+](=O)[O-]. The van der Waals surface area contributed by atoms with Crippen LogP contribution in [0.25, 0.3) is 0 Å². The predicted octanol–water partition coefficient (Wildman–Crippen LogP) is 2.10. The molecular formula is C9H8F2N2O4. The average Bonchev–Trinajstić information content (AvgIpc) is 2.28. The van der Waals surface area contributed by atoms with Crippen LogP contribution in [0.4, 0.5) is 14.6 Å². The lowest BCUT2D eigenvalue weighted by molar-refractivity contribution is -0.390. The lowest BCUT2D eigenvalue weighted by Crippen LogP contribution is -2.12. The van der Waals surface area contributed by atoms with E-state index in [1.807, 2.05) is 0 Å². The normalized spacial score (nSPS) is 10.4. The van der Waals surface area contributed by atoms with E-state index in [0.717, 1.165) is 12.3 Å². The molecule has 8 heteroatoms. The van der Waals surface area contributed by atoms with Crippen LogP contribution >= 0.6 is 0 Å². The van der Waals surface area contributed by atoms with Crippen LogP contribution in [0, 0.1) is 10.1 Å². The summed E-state index contributed by atoms with van der Waals surface area (Å²) in [5.74, 6) is -2.11. The number of hydrogen-bond acceptors (Lipinski definition) is 5. The lowest BCUT2D eigenvalue weighted by atomic mass is 10.1. The third-order valence-electron chi connectivity index (χ3n) is 1.85. The first-order valence-electron chi connectivity index (χ1n) is 4.57. The standard InChI is InChI=1S/C9H8F2N2O4/c1-2-17-9(14)6-5(7(10)11)3-4-12-8(6)13(15)16/h3-4,7H,2H2,1H3.